The SMILES string of the molecule is COc1ccccc1NC(=O)[C@H](C)OC(=O)COc1ccccc1Cc1ccccc1. The smallest absolute Gasteiger partial charge is 0.344 e. The molecule has 0 bridgehead atoms. The van der Waals surface area contributed by atoms with Crippen molar-refractivity contribution in [2.75, 3.05) is 19.0 Å². The summed E-state index contributed by atoms with van der Waals surface area (Å²) in [7, 11) is 1.52. The number of rotatable bonds is 9. The molecule has 31 heavy (non-hydrogen) atoms. The van der Waals surface area contributed by atoms with E-state index >= 15 is 0 Å². The van der Waals surface area contributed by atoms with Crippen molar-refractivity contribution in [2.24, 2.45) is 0 Å². The lowest BCUT2D eigenvalue weighted by Crippen LogP contribution is -2.31. The highest BCUT2D eigenvalue weighted by atomic mass is 16.6. The van der Waals surface area contributed by atoms with Crippen LogP contribution >= 0.6 is 0 Å². The van der Waals surface area contributed by atoms with Gasteiger partial charge in [-0.3, -0.25) is 4.79 Å². The first-order valence-corrected chi connectivity index (χ1v) is 9.95. The maximum absolute atomic E-state index is 12.4. The molecule has 0 spiro atoms. The molecule has 160 valence electrons. The molecule has 3 aromatic rings. The number of nitrogens with one attached hydrogen (secondary N) is 1. The fourth-order valence-electron chi connectivity index (χ4n) is 3.01. The first-order valence-electron chi connectivity index (χ1n) is 9.95. The summed E-state index contributed by atoms with van der Waals surface area (Å²) < 4.78 is 16.1. The van der Waals surface area contributed by atoms with Crippen LogP contribution in [0.2, 0.25) is 0 Å². The highest BCUT2D eigenvalue weighted by Gasteiger charge is 2.19. The summed E-state index contributed by atoms with van der Waals surface area (Å²) >= 11 is 0. The molecule has 0 unspecified atom stereocenters. The third-order valence-corrected chi connectivity index (χ3v) is 4.60. The molecular weight excluding hydrogens is 394 g/mol. The molecule has 1 atom stereocenters. The van der Waals surface area contributed by atoms with E-state index in [1.165, 1.54) is 14.0 Å². The summed E-state index contributed by atoms with van der Waals surface area (Å²) in [6, 6.07) is 24.5. The van der Waals surface area contributed by atoms with E-state index < -0.39 is 18.0 Å². The van der Waals surface area contributed by atoms with E-state index in [2.05, 4.69) is 5.32 Å². The van der Waals surface area contributed by atoms with Crippen LogP contribution in [0.4, 0.5) is 5.69 Å². The summed E-state index contributed by atoms with van der Waals surface area (Å²) in [5.74, 6) is 0.0432. The molecule has 0 aliphatic rings. The second-order valence-corrected chi connectivity index (χ2v) is 6.88. The van der Waals surface area contributed by atoms with Crippen molar-refractivity contribution in [1.82, 2.24) is 0 Å². The zero-order valence-corrected chi connectivity index (χ0v) is 17.5. The monoisotopic (exact) mass is 419 g/mol. The van der Waals surface area contributed by atoms with Gasteiger partial charge in [-0.25, -0.2) is 4.79 Å². The van der Waals surface area contributed by atoms with Gasteiger partial charge < -0.3 is 19.5 Å². The number of amides is 1. The first-order chi connectivity index (χ1) is 15.1. The second kappa shape index (κ2) is 10.8. The van der Waals surface area contributed by atoms with E-state index in [0.717, 1.165) is 11.1 Å². The molecule has 6 nitrogen and oxygen atoms in total. The molecule has 0 radical (unpaired) electrons. The number of carbonyl (C=O) groups excluding carboxylic acids is 2. The first kappa shape index (κ1) is 21.9. The van der Waals surface area contributed by atoms with Gasteiger partial charge in [0.1, 0.15) is 11.5 Å². The van der Waals surface area contributed by atoms with Crippen LogP contribution in [0, 0.1) is 0 Å². The number of carbonyl (C=O) groups is 2. The van der Waals surface area contributed by atoms with Gasteiger partial charge in [0.25, 0.3) is 5.91 Å². The van der Waals surface area contributed by atoms with Crippen LogP contribution < -0.4 is 14.8 Å². The van der Waals surface area contributed by atoms with Gasteiger partial charge in [0.05, 0.1) is 12.8 Å². The third kappa shape index (κ3) is 6.34. The summed E-state index contributed by atoms with van der Waals surface area (Å²) in [5.41, 5.74) is 2.61. The van der Waals surface area contributed by atoms with Gasteiger partial charge in [-0.2, -0.15) is 0 Å². The number of ether oxygens (including phenoxy) is 3. The molecule has 0 fully saturated rings. The van der Waals surface area contributed by atoms with E-state index in [1.807, 2.05) is 54.6 Å². The topological polar surface area (TPSA) is 73.9 Å². The lowest BCUT2D eigenvalue weighted by Gasteiger charge is -2.16. The summed E-state index contributed by atoms with van der Waals surface area (Å²) in [4.78, 5) is 24.6. The molecular formula is C25H25NO5. The van der Waals surface area contributed by atoms with Crippen molar-refractivity contribution in [3.63, 3.8) is 0 Å². The Balaban J connectivity index is 1.54. The molecule has 0 aliphatic carbocycles. The Morgan fingerprint density at radius 3 is 2.26 bits per heavy atom. The number of methoxy groups -OCH3 is 1. The zero-order valence-electron chi connectivity index (χ0n) is 17.5. The molecule has 3 aromatic carbocycles. The van der Waals surface area contributed by atoms with Crippen LogP contribution in [0.5, 0.6) is 11.5 Å². The molecule has 6 heteroatoms. The largest absolute Gasteiger partial charge is 0.495 e. The number of hydrogen-bond donors (Lipinski definition) is 1. The number of anilines is 1. The van der Waals surface area contributed by atoms with Gasteiger partial charge in [-0.15, -0.1) is 0 Å². The van der Waals surface area contributed by atoms with Gasteiger partial charge >= 0.3 is 5.97 Å². The molecule has 0 saturated heterocycles. The Morgan fingerprint density at radius 1 is 0.871 bits per heavy atom. The van der Waals surface area contributed by atoms with E-state index in [4.69, 9.17) is 14.2 Å². The van der Waals surface area contributed by atoms with Crippen LogP contribution in [0.1, 0.15) is 18.1 Å². The Kier molecular flexibility index (Phi) is 7.65. The predicted octanol–water partition coefficient (Wildman–Crippen LogP) is 4.24. The third-order valence-electron chi connectivity index (χ3n) is 4.60. The lowest BCUT2D eigenvalue weighted by atomic mass is 10.0. The summed E-state index contributed by atoms with van der Waals surface area (Å²) in [6.07, 6.45) is -0.301. The van der Waals surface area contributed by atoms with Crippen molar-refractivity contribution >= 4 is 17.6 Å². The maximum Gasteiger partial charge on any atom is 0.344 e. The second-order valence-electron chi connectivity index (χ2n) is 6.88. The molecule has 0 saturated carbocycles. The van der Waals surface area contributed by atoms with Crippen molar-refractivity contribution in [3.05, 3.63) is 90.0 Å². The van der Waals surface area contributed by atoms with Crippen LogP contribution in [-0.2, 0) is 20.7 Å². The summed E-state index contributed by atoms with van der Waals surface area (Å²) in [6.45, 7) is 1.21. The fraction of sp³-hybridized carbons (Fsp3) is 0.200. The molecule has 1 amide bonds. The quantitative estimate of drug-likeness (QED) is 0.525. The van der Waals surface area contributed by atoms with Crippen LogP contribution in [0.15, 0.2) is 78.9 Å². The Morgan fingerprint density at radius 2 is 1.52 bits per heavy atom. The van der Waals surface area contributed by atoms with Crippen LogP contribution in [0.3, 0.4) is 0 Å². The minimum Gasteiger partial charge on any atom is -0.495 e. The maximum atomic E-state index is 12.4. The number of esters is 1. The minimum atomic E-state index is -0.986. The number of benzene rings is 3. The molecule has 1 N–H and O–H groups in total. The lowest BCUT2D eigenvalue weighted by molar-refractivity contribution is -0.155. The van der Waals surface area contributed by atoms with E-state index in [-0.39, 0.29) is 6.61 Å². The van der Waals surface area contributed by atoms with Gasteiger partial charge in [-0.1, -0.05) is 60.7 Å². The Bertz CT molecular complexity index is 1020. The average Bonchev–Trinajstić information content (AvgIpc) is 2.79. The minimum absolute atomic E-state index is 0.294. The van der Waals surface area contributed by atoms with Gasteiger partial charge in [-0.05, 0) is 36.2 Å². The van der Waals surface area contributed by atoms with Crippen LogP contribution in [-0.4, -0.2) is 31.7 Å². The van der Waals surface area contributed by atoms with E-state index in [9.17, 15) is 9.59 Å². The standard InChI is InChI=1S/C25H25NO5/c1-18(25(28)26-21-13-7-9-15-23(21)29-2)31-24(27)17-30-22-14-8-6-12-20(22)16-19-10-4-3-5-11-19/h3-15,18H,16-17H2,1-2H3,(H,26,28)/t18-/m0/s1. The molecule has 3 rings (SSSR count). The Hall–Kier alpha value is -3.80. The van der Waals surface area contributed by atoms with Gasteiger partial charge in [0.15, 0.2) is 12.7 Å². The van der Waals surface area contributed by atoms with Crippen LogP contribution in [0.25, 0.3) is 0 Å². The van der Waals surface area contributed by atoms with Crippen molar-refractivity contribution < 1.29 is 23.8 Å². The Labute approximate surface area is 181 Å². The fourth-order valence-corrected chi connectivity index (χ4v) is 3.01. The van der Waals surface area contributed by atoms with Gasteiger partial charge in [0, 0.05) is 6.42 Å². The highest BCUT2D eigenvalue weighted by Crippen LogP contribution is 2.24. The van der Waals surface area contributed by atoms with Gasteiger partial charge in [0.2, 0.25) is 0 Å². The average molecular weight is 419 g/mol. The normalized spacial score (nSPS) is 11.3. The highest BCUT2D eigenvalue weighted by molar-refractivity contribution is 5.96. The number of hydrogen-bond acceptors (Lipinski definition) is 5. The van der Waals surface area contributed by atoms with E-state index in [1.54, 1.807) is 24.3 Å². The summed E-state index contributed by atoms with van der Waals surface area (Å²) in [5, 5.41) is 2.69. The zero-order chi connectivity index (χ0) is 22.1. The predicted molar refractivity (Wildman–Crippen MR) is 118 cm³/mol. The molecule has 0 aliphatic heterocycles. The number of para-hydroxylation sites is 3. The van der Waals surface area contributed by atoms with Crippen molar-refractivity contribution in [3.8, 4) is 11.5 Å². The van der Waals surface area contributed by atoms with Crippen molar-refractivity contribution in [1.29, 1.82) is 0 Å². The van der Waals surface area contributed by atoms with Crippen molar-refractivity contribution in [2.45, 2.75) is 19.4 Å². The molecule has 0 heterocycles. The molecule has 0 aromatic heterocycles. The van der Waals surface area contributed by atoms with E-state index in [0.29, 0.717) is 23.6 Å².